The van der Waals surface area contributed by atoms with Crippen LogP contribution in [0.25, 0.3) is 0 Å². The average Bonchev–Trinajstić information content (AvgIpc) is 2.79. The lowest BCUT2D eigenvalue weighted by atomic mass is 9.93. The predicted octanol–water partition coefficient (Wildman–Crippen LogP) is 3.34. The summed E-state index contributed by atoms with van der Waals surface area (Å²) >= 11 is 0. The van der Waals surface area contributed by atoms with E-state index < -0.39 is 0 Å². The molecule has 2 rings (SSSR count). The van der Waals surface area contributed by atoms with Crippen LogP contribution in [0.15, 0.2) is 6.20 Å². The highest BCUT2D eigenvalue weighted by atomic mass is 15.2. The van der Waals surface area contributed by atoms with Gasteiger partial charge in [0, 0.05) is 25.6 Å². The normalized spacial score (nSPS) is 17.7. The Kier molecular flexibility index (Phi) is 5.20. The summed E-state index contributed by atoms with van der Waals surface area (Å²) in [5, 5.41) is 3.49. The molecule has 0 atom stereocenters. The largest absolute Gasteiger partial charge is 0.368 e. The zero-order chi connectivity index (χ0) is 15.5. The summed E-state index contributed by atoms with van der Waals surface area (Å²) in [4.78, 5) is 11.9. The standard InChI is InChI=1S/C17H30N4/c1-6-8-18-10-14-15(11-19-16(20-14)13(2)3)21-9-7-17(4,5)12-21/h11,13,18H,6-10,12H2,1-5H3. The molecule has 21 heavy (non-hydrogen) atoms. The van der Waals surface area contributed by atoms with Gasteiger partial charge in [0.25, 0.3) is 0 Å². The summed E-state index contributed by atoms with van der Waals surface area (Å²) in [5.74, 6) is 1.32. The molecule has 1 aliphatic heterocycles. The van der Waals surface area contributed by atoms with E-state index in [9.17, 15) is 0 Å². The molecule has 4 heteroatoms. The van der Waals surface area contributed by atoms with E-state index in [1.165, 1.54) is 12.1 Å². The van der Waals surface area contributed by atoms with Crippen LogP contribution in [0, 0.1) is 5.41 Å². The molecule has 1 saturated heterocycles. The van der Waals surface area contributed by atoms with E-state index in [1.807, 2.05) is 6.20 Å². The van der Waals surface area contributed by atoms with E-state index in [4.69, 9.17) is 4.98 Å². The van der Waals surface area contributed by atoms with Crippen LogP contribution in [0.2, 0.25) is 0 Å². The molecule has 0 spiro atoms. The van der Waals surface area contributed by atoms with Crippen molar-refractivity contribution >= 4 is 5.69 Å². The lowest BCUT2D eigenvalue weighted by Gasteiger charge is -2.24. The molecule has 0 amide bonds. The second kappa shape index (κ2) is 6.73. The Balaban J connectivity index is 2.22. The van der Waals surface area contributed by atoms with Gasteiger partial charge in [0.05, 0.1) is 17.6 Å². The molecule has 4 nitrogen and oxygen atoms in total. The fourth-order valence-corrected chi connectivity index (χ4v) is 2.80. The van der Waals surface area contributed by atoms with Gasteiger partial charge >= 0.3 is 0 Å². The van der Waals surface area contributed by atoms with Crippen molar-refractivity contribution in [3.63, 3.8) is 0 Å². The molecular weight excluding hydrogens is 260 g/mol. The van der Waals surface area contributed by atoms with Gasteiger partial charge in [0.15, 0.2) is 0 Å². The monoisotopic (exact) mass is 290 g/mol. The van der Waals surface area contributed by atoms with Crippen LogP contribution < -0.4 is 10.2 Å². The third-order valence-corrected chi connectivity index (χ3v) is 4.12. The van der Waals surface area contributed by atoms with Crippen molar-refractivity contribution in [2.45, 2.75) is 59.9 Å². The zero-order valence-corrected chi connectivity index (χ0v) is 14.2. The van der Waals surface area contributed by atoms with Crippen LogP contribution in [-0.2, 0) is 6.54 Å². The number of hydrogen-bond donors (Lipinski definition) is 1. The number of nitrogens with one attached hydrogen (secondary N) is 1. The van der Waals surface area contributed by atoms with E-state index in [1.54, 1.807) is 0 Å². The molecule has 1 fully saturated rings. The maximum Gasteiger partial charge on any atom is 0.131 e. The van der Waals surface area contributed by atoms with E-state index >= 15 is 0 Å². The summed E-state index contributed by atoms with van der Waals surface area (Å²) in [6.45, 7) is 15.2. The molecule has 1 aromatic rings. The highest BCUT2D eigenvalue weighted by molar-refractivity contribution is 5.50. The van der Waals surface area contributed by atoms with Crippen molar-refractivity contribution in [1.82, 2.24) is 15.3 Å². The second-order valence-corrected chi connectivity index (χ2v) is 7.23. The van der Waals surface area contributed by atoms with Gasteiger partial charge in [-0.3, -0.25) is 0 Å². The van der Waals surface area contributed by atoms with Crippen LogP contribution in [0.5, 0.6) is 0 Å². The van der Waals surface area contributed by atoms with Crippen LogP contribution in [0.1, 0.15) is 64.9 Å². The van der Waals surface area contributed by atoms with Crippen molar-refractivity contribution < 1.29 is 0 Å². The summed E-state index contributed by atoms with van der Waals surface area (Å²) in [7, 11) is 0. The predicted molar refractivity (Wildman–Crippen MR) is 88.7 cm³/mol. The van der Waals surface area contributed by atoms with Crippen LogP contribution in [0.4, 0.5) is 5.69 Å². The minimum Gasteiger partial charge on any atom is -0.368 e. The number of aromatic nitrogens is 2. The van der Waals surface area contributed by atoms with Gasteiger partial charge in [-0.05, 0) is 24.8 Å². The minimum atomic E-state index is 0.374. The lowest BCUT2D eigenvalue weighted by Crippen LogP contribution is -2.26. The number of nitrogens with zero attached hydrogens (tertiary/aromatic N) is 3. The number of anilines is 1. The first-order chi connectivity index (χ1) is 9.93. The van der Waals surface area contributed by atoms with Crippen molar-refractivity contribution in [1.29, 1.82) is 0 Å². The Hall–Kier alpha value is -1.16. The summed E-state index contributed by atoms with van der Waals surface area (Å²) in [6.07, 6.45) is 4.42. The van der Waals surface area contributed by atoms with Crippen molar-refractivity contribution in [2.75, 3.05) is 24.5 Å². The maximum atomic E-state index is 4.82. The highest BCUT2D eigenvalue weighted by Gasteiger charge is 2.30. The molecule has 0 aliphatic carbocycles. The molecule has 0 unspecified atom stereocenters. The van der Waals surface area contributed by atoms with E-state index in [-0.39, 0.29) is 0 Å². The Morgan fingerprint density at radius 1 is 1.38 bits per heavy atom. The Morgan fingerprint density at radius 3 is 2.71 bits per heavy atom. The first-order valence-corrected chi connectivity index (χ1v) is 8.24. The lowest BCUT2D eigenvalue weighted by molar-refractivity contribution is 0.418. The number of hydrogen-bond acceptors (Lipinski definition) is 4. The van der Waals surface area contributed by atoms with Crippen molar-refractivity contribution in [3.05, 3.63) is 17.7 Å². The molecular formula is C17H30N4. The zero-order valence-electron chi connectivity index (χ0n) is 14.2. The van der Waals surface area contributed by atoms with Crippen molar-refractivity contribution in [3.8, 4) is 0 Å². The Labute approximate surface area is 129 Å². The summed E-state index contributed by atoms with van der Waals surface area (Å²) in [6, 6.07) is 0. The molecule has 0 aromatic carbocycles. The number of rotatable bonds is 6. The van der Waals surface area contributed by atoms with Gasteiger partial charge in [-0.1, -0.05) is 34.6 Å². The van der Waals surface area contributed by atoms with Gasteiger partial charge in [0.1, 0.15) is 5.82 Å². The first-order valence-electron chi connectivity index (χ1n) is 8.24. The fraction of sp³-hybridized carbons (Fsp3) is 0.765. The smallest absolute Gasteiger partial charge is 0.131 e. The molecule has 1 aliphatic rings. The third kappa shape index (κ3) is 4.16. The van der Waals surface area contributed by atoms with Crippen LogP contribution in [-0.4, -0.2) is 29.6 Å². The molecule has 0 saturated carbocycles. The molecule has 0 radical (unpaired) electrons. The van der Waals surface area contributed by atoms with Gasteiger partial charge in [-0.25, -0.2) is 9.97 Å². The molecule has 1 N–H and O–H groups in total. The van der Waals surface area contributed by atoms with Crippen LogP contribution >= 0.6 is 0 Å². The van der Waals surface area contributed by atoms with E-state index in [0.717, 1.165) is 44.1 Å². The molecule has 1 aromatic heterocycles. The average molecular weight is 290 g/mol. The quantitative estimate of drug-likeness (QED) is 0.816. The van der Waals surface area contributed by atoms with Gasteiger partial charge in [-0.2, -0.15) is 0 Å². The summed E-state index contributed by atoms with van der Waals surface area (Å²) < 4.78 is 0. The SMILES string of the molecule is CCCNCc1nc(C(C)C)ncc1N1CCC(C)(C)C1. The van der Waals surface area contributed by atoms with Crippen LogP contribution in [0.3, 0.4) is 0 Å². The molecule has 2 heterocycles. The Bertz CT molecular complexity index is 468. The van der Waals surface area contributed by atoms with Crippen molar-refractivity contribution in [2.24, 2.45) is 5.41 Å². The van der Waals surface area contributed by atoms with Gasteiger partial charge < -0.3 is 10.2 Å². The first kappa shape index (κ1) is 16.2. The second-order valence-electron chi connectivity index (χ2n) is 7.23. The maximum absolute atomic E-state index is 4.82. The third-order valence-electron chi connectivity index (χ3n) is 4.12. The summed E-state index contributed by atoms with van der Waals surface area (Å²) in [5.41, 5.74) is 2.76. The highest BCUT2D eigenvalue weighted by Crippen LogP contribution is 2.33. The Morgan fingerprint density at radius 2 is 2.14 bits per heavy atom. The van der Waals surface area contributed by atoms with Gasteiger partial charge in [-0.15, -0.1) is 0 Å². The van der Waals surface area contributed by atoms with E-state index in [2.05, 4.69) is 49.8 Å². The van der Waals surface area contributed by atoms with E-state index in [0.29, 0.717) is 11.3 Å². The minimum absolute atomic E-state index is 0.374. The molecule has 0 bridgehead atoms. The topological polar surface area (TPSA) is 41.1 Å². The fourth-order valence-electron chi connectivity index (χ4n) is 2.80. The molecule has 118 valence electrons. The van der Waals surface area contributed by atoms with Gasteiger partial charge in [0.2, 0.25) is 0 Å².